The third-order valence-electron chi connectivity index (χ3n) is 6.39. The van der Waals surface area contributed by atoms with Crippen molar-refractivity contribution >= 4 is 34.5 Å². The number of ether oxygens (including phenoxy) is 1. The SMILES string of the molecule is CCSCCOC(=O)C1=C(C)NC2=C(C(=O)CC(C)(C)C2)[C@H]1c1coc2ccc(C)cc2c1=O. The van der Waals surface area contributed by atoms with Gasteiger partial charge in [0.25, 0.3) is 0 Å². The van der Waals surface area contributed by atoms with E-state index in [-0.39, 0.29) is 28.8 Å². The first-order chi connectivity index (χ1) is 16.1. The zero-order chi connectivity index (χ0) is 24.6. The van der Waals surface area contributed by atoms with Crippen LogP contribution in [0.4, 0.5) is 0 Å². The van der Waals surface area contributed by atoms with Crippen LogP contribution in [0.2, 0.25) is 0 Å². The van der Waals surface area contributed by atoms with Gasteiger partial charge in [-0.15, -0.1) is 0 Å². The molecule has 0 radical (unpaired) electrons. The molecule has 0 unspecified atom stereocenters. The largest absolute Gasteiger partial charge is 0.464 e. The fourth-order valence-corrected chi connectivity index (χ4v) is 5.38. The van der Waals surface area contributed by atoms with Crippen molar-refractivity contribution in [2.45, 2.75) is 53.4 Å². The third-order valence-corrected chi connectivity index (χ3v) is 7.25. The molecule has 2 heterocycles. The molecule has 2 aliphatic rings. The van der Waals surface area contributed by atoms with Gasteiger partial charge in [0.2, 0.25) is 0 Å². The highest BCUT2D eigenvalue weighted by atomic mass is 32.2. The van der Waals surface area contributed by atoms with Gasteiger partial charge >= 0.3 is 5.97 Å². The molecule has 180 valence electrons. The number of hydrogen-bond donors (Lipinski definition) is 1. The summed E-state index contributed by atoms with van der Waals surface area (Å²) in [6, 6.07) is 5.42. The van der Waals surface area contributed by atoms with Crippen LogP contribution in [-0.2, 0) is 14.3 Å². The number of aryl methyl sites for hydroxylation is 1. The smallest absolute Gasteiger partial charge is 0.336 e. The number of fused-ring (bicyclic) bond motifs is 1. The molecule has 6 nitrogen and oxygen atoms in total. The quantitative estimate of drug-likeness (QED) is 0.459. The Labute approximate surface area is 203 Å². The van der Waals surface area contributed by atoms with E-state index in [1.54, 1.807) is 30.8 Å². The number of Topliss-reactive ketones (excluding diaryl/α,β-unsaturated/α-hetero) is 1. The summed E-state index contributed by atoms with van der Waals surface area (Å²) in [4.78, 5) is 40.4. The maximum atomic E-state index is 13.7. The van der Waals surface area contributed by atoms with Gasteiger partial charge in [0.05, 0.1) is 23.1 Å². The lowest BCUT2D eigenvalue weighted by Gasteiger charge is -2.39. The molecule has 4 rings (SSSR count). The third kappa shape index (κ3) is 4.58. The van der Waals surface area contributed by atoms with E-state index < -0.39 is 11.9 Å². The highest BCUT2D eigenvalue weighted by Crippen LogP contribution is 2.46. The van der Waals surface area contributed by atoms with Gasteiger partial charge in [-0.05, 0) is 43.6 Å². The van der Waals surface area contributed by atoms with Gasteiger partial charge in [0.1, 0.15) is 12.2 Å². The number of nitrogens with one attached hydrogen (secondary N) is 1. The van der Waals surface area contributed by atoms with Gasteiger partial charge in [0, 0.05) is 34.7 Å². The van der Waals surface area contributed by atoms with Crippen LogP contribution in [0.5, 0.6) is 0 Å². The molecule has 2 aromatic rings. The Kier molecular flexibility index (Phi) is 6.76. The van der Waals surface area contributed by atoms with E-state index in [0.717, 1.165) is 17.0 Å². The van der Waals surface area contributed by atoms with Crippen molar-refractivity contribution in [3.8, 4) is 0 Å². The Balaban J connectivity index is 1.87. The molecular formula is C27H31NO5S. The molecular weight excluding hydrogens is 450 g/mol. The summed E-state index contributed by atoms with van der Waals surface area (Å²) < 4.78 is 11.4. The number of carbonyl (C=O) groups excluding carboxylic acids is 2. The lowest BCUT2D eigenvalue weighted by atomic mass is 9.68. The van der Waals surface area contributed by atoms with Gasteiger partial charge in [-0.2, -0.15) is 11.8 Å². The fraction of sp³-hybridized carbons (Fsp3) is 0.444. The van der Waals surface area contributed by atoms with Crippen molar-refractivity contribution in [1.82, 2.24) is 5.32 Å². The summed E-state index contributed by atoms with van der Waals surface area (Å²) in [6.07, 6.45) is 2.40. The molecule has 0 saturated heterocycles. The minimum Gasteiger partial charge on any atom is -0.464 e. The van der Waals surface area contributed by atoms with Crippen molar-refractivity contribution < 1.29 is 18.7 Å². The molecule has 0 fully saturated rings. The number of benzene rings is 1. The first kappa shape index (κ1) is 24.3. The van der Waals surface area contributed by atoms with Crippen molar-refractivity contribution in [2.75, 3.05) is 18.1 Å². The Hall–Kier alpha value is -2.80. The van der Waals surface area contributed by atoms with Gasteiger partial charge in [0.15, 0.2) is 11.2 Å². The highest BCUT2D eigenvalue weighted by molar-refractivity contribution is 7.99. The summed E-state index contributed by atoms with van der Waals surface area (Å²) in [5, 5.41) is 3.74. The molecule has 7 heteroatoms. The number of allylic oxidation sites excluding steroid dienone is 3. The molecule has 0 amide bonds. The van der Waals surface area contributed by atoms with Crippen molar-refractivity contribution in [3.63, 3.8) is 0 Å². The first-order valence-corrected chi connectivity index (χ1v) is 12.8. The van der Waals surface area contributed by atoms with Crippen LogP contribution in [0.3, 0.4) is 0 Å². The van der Waals surface area contributed by atoms with E-state index in [0.29, 0.717) is 46.4 Å². The van der Waals surface area contributed by atoms with Gasteiger partial charge < -0.3 is 14.5 Å². The Morgan fingerprint density at radius 1 is 1.24 bits per heavy atom. The molecule has 1 aromatic carbocycles. The van der Waals surface area contributed by atoms with Crippen LogP contribution in [-0.4, -0.2) is 29.9 Å². The number of dihydropyridines is 1. The van der Waals surface area contributed by atoms with Gasteiger partial charge in [-0.1, -0.05) is 32.4 Å². The standard InChI is InChI=1S/C27H31NO5S/c1-6-34-10-9-32-26(31)22-16(3)28-19-12-27(4,5)13-20(29)24(19)23(22)18-14-33-21-8-7-15(2)11-17(21)25(18)30/h7-8,11,14,23,28H,6,9-10,12-13H2,1-5H3/t23-/m0/s1. The van der Waals surface area contributed by atoms with E-state index in [1.807, 2.05) is 33.8 Å². The number of carbonyl (C=O) groups is 2. The Morgan fingerprint density at radius 3 is 2.74 bits per heavy atom. The predicted octanol–water partition coefficient (Wildman–Crippen LogP) is 5.00. The zero-order valence-electron chi connectivity index (χ0n) is 20.4. The molecule has 34 heavy (non-hydrogen) atoms. The molecule has 0 saturated carbocycles. The minimum atomic E-state index is -0.827. The average Bonchev–Trinajstić information content (AvgIpc) is 2.75. The minimum absolute atomic E-state index is 0.0631. The van der Waals surface area contributed by atoms with Crippen LogP contribution in [0, 0.1) is 12.3 Å². The number of esters is 1. The maximum absolute atomic E-state index is 13.7. The van der Waals surface area contributed by atoms with E-state index in [1.165, 1.54) is 6.26 Å². The van der Waals surface area contributed by atoms with Crippen molar-refractivity contribution in [1.29, 1.82) is 0 Å². The van der Waals surface area contributed by atoms with Crippen LogP contribution in [0.1, 0.15) is 57.6 Å². The molecule has 1 N–H and O–H groups in total. The monoisotopic (exact) mass is 481 g/mol. The van der Waals surface area contributed by atoms with Gasteiger partial charge in [-0.3, -0.25) is 9.59 Å². The molecule has 0 bridgehead atoms. The van der Waals surface area contributed by atoms with Crippen LogP contribution in [0.15, 0.2) is 56.2 Å². The predicted molar refractivity (Wildman–Crippen MR) is 135 cm³/mol. The molecule has 1 aliphatic heterocycles. The average molecular weight is 482 g/mol. The Bertz CT molecular complexity index is 1280. The molecule has 1 aliphatic carbocycles. The van der Waals surface area contributed by atoms with Gasteiger partial charge in [-0.25, -0.2) is 4.79 Å². The number of rotatable bonds is 6. The summed E-state index contributed by atoms with van der Waals surface area (Å²) in [5.41, 5.74) is 3.38. The first-order valence-electron chi connectivity index (χ1n) is 11.6. The summed E-state index contributed by atoms with van der Waals surface area (Å²) in [7, 11) is 0. The number of hydrogen-bond acceptors (Lipinski definition) is 7. The molecule has 1 aromatic heterocycles. The van der Waals surface area contributed by atoms with Crippen molar-refractivity contribution in [3.05, 3.63) is 68.4 Å². The summed E-state index contributed by atoms with van der Waals surface area (Å²) in [5.74, 6) is 0.214. The highest BCUT2D eigenvalue weighted by Gasteiger charge is 2.44. The van der Waals surface area contributed by atoms with E-state index in [4.69, 9.17) is 9.15 Å². The van der Waals surface area contributed by atoms with Crippen molar-refractivity contribution in [2.24, 2.45) is 5.41 Å². The maximum Gasteiger partial charge on any atom is 0.336 e. The summed E-state index contributed by atoms with van der Waals surface area (Å²) >= 11 is 1.68. The summed E-state index contributed by atoms with van der Waals surface area (Å²) in [6.45, 7) is 10.1. The lowest BCUT2D eigenvalue weighted by Crippen LogP contribution is -2.39. The topological polar surface area (TPSA) is 85.6 Å². The zero-order valence-corrected chi connectivity index (χ0v) is 21.2. The van der Waals surface area contributed by atoms with E-state index >= 15 is 0 Å². The van der Waals surface area contributed by atoms with E-state index in [2.05, 4.69) is 5.32 Å². The van der Waals surface area contributed by atoms with E-state index in [9.17, 15) is 14.4 Å². The normalized spacial score (nSPS) is 19.8. The fourth-order valence-electron chi connectivity index (χ4n) is 4.89. The number of thioether (sulfide) groups is 1. The van der Waals surface area contributed by atoms with Crippen LogP contribution >= 0.6 is 11.8 Å². The molecule has 0 spiro atoms. The second-order valence-corrected chi connectivity index (χ2v) is 11.2. The second kappa shape index (κ2) is 9.45. The second-order valence-electron chi connectivity index (χ2n) is 9.78. The Morgan fingerprint density at radius 2 is 2.00 bits per heavy atom. The lowest BCUT2D eigenvalue weighted by molar-refractivity contribution is -0.138. The number of ketones is 1. The molecule has 1 atom stereocenters. The van der Waals surface area contributed by atoms with Crippen LogP contribution in [0.25, 0.3) is 11.0 Å². The van der Waals surface area contributed by atoms with Crippen LogP contribution < -0.4 is 10.7 Å².